The van der Waals surface area contributed by atoms with E-state index in [2.05, 4.69) is 20.6 Å². The van der Waals surface area contributed by atoms with Crippen LogP contribution in [0.5, 0.6) is 11.5 Å². The molecule has 12 heteroatoms. The summed E-state index contributed by atoms with van der Waals surface area (Å²) in [4.78, 5) is 46.4. The van der Waals surface area contributed by atoms with E-state index < -0.39 is 11.7 Å². The molecule has 11 nitrogen and oxygen atoms in total. The lowest BCUT2D eigenvalue weighted by molar-refractivity contribution is -0.118. The van der Waals surface area contributed by atoms with Gasteiger partial charge in [-0.2, -0.15) is 0 Å². The minimum Gasteiger partial charge on any atom is -0.497 e. The molecule has 0 radical (unpaired) electrons. The minimum atomic E-state index is -1.39. The van der Waals surface area contributed by atoms with Gasteiger partial charge < -0.3 is 24.7 Å². The zero-order valence-corrected chi connectivity index (χ0v) is 18.9. The fourth-order valence-corrected chi connectivity index (χ4v) is 4.18. The average Bonchev–Trinajstić information content (AvgIpc) is 3.24. The maximum absolute atomic E-state index is 14.9. The van der Waals surface area contributed by atoms with Crippen molar-refractivity contribution >= 4 is 34.5 Å². The third-order valence-electron chi connectivity index (χ3n) is 5.92. The van der Waals surface area contributed by atoms with Gasteiger partial charge in [0.05, 0.1) is 30.9 Å². The Labute approximate surface area is 198 Å². The Kier molecular flexibility index (Phi) is 6.03. The second-order valence-electron chi connectivity index (χ2n) is 8.33. The zero-order valence-electron chi connectivity index (χ0n) is 18.9. The van der Waals surface area contributed by atoms with Crippen LogP contribution in [0.4, 0.5) is 16.0 Å². The molecule has 1 fully saturated rings. The number of hydrogen-bond acceptors (Lipinski definition) is 8. The van der Waals surface area contributed by atoms with Crippen LogP contribution in [-0.2, 0) is 16.1 Å². The summed E-state index contributed by atoms with van der Waals surface area (Å²) in [5.41, 5.74) is 0.628. The van der Waals surface area contributed by atoms with Gasteiger partial charge in [-0.3, -0.25) is 19.3 Å². The molecule has 4 heterocycles. The summed E-state index contributed by atoms with van der Waals surface area (Å²) >= 11 is 0. The maximum atomic E-state index is 14.9. The Morgan fingerprint density at radius 2 is 2.14 bits per heavy atom. The first-order chi connectivity index (χ1) is 16.9. The molecule has 182 valence electrons. The van der Waals surface area contributed by atoms with Gasteiger partial charge in [0.1, 0.15) is 17.7 Å². The highest BCUT2D eigenvalue weighted by molar-refractivity contribution is 5.97. The van der Waals surface area contributed by atoms with Gasteiger partial charge >= 0.3 is 0 Å². The predicted octanol–water partition coefficient (Wildman–Crippen LogP) is 0.864. The van der Waals surface area contributed by atoms with Crippen LogP contribution in [0.3, 0.4) is 0 Å². The van der Waals surface area contributed by atoms with Gasteiger partial charge in [-0.1, -0.05) is 0 Å². The molecule has 2 aliphatic heterocycles. The third-order valence-corrected chi connectivity index (χ3v) is 5.92. The van der Waals surface area contributed by atoms with Crippen LogP contribution in [0, 0.1) is 0 Å². The summed E-state index contributed by atoms with van der Waals surface area (Å²) in [6, 6.07) is 8.07. The van der Waals surface area contributed by atoms with Crippen LogP contribution in [0.25, 0.3) is 11.0 Å². The number of halogens is 1. The first kappa shape index (κ1) is 22.7. The molecule has 1 saturated heterocycles. The first-order valence-corrected chi connectivity index (χ1v) is 11.1. The Morgan fingerprint density at radius 3 is 2.97 bits per heavy atom. The number of anilines is 2. The second-order valence-corrected chi connectivity index (χ2v) is 8.33. The Balaban J connectivity index is 1.23. The van der Waals surface area contributed by atoms with E-state index in [1.54, 1.807) is 30.3 Å². The molecule has 1 aromatic carbocycles. The molecule has 2 atom stereocenters. The van der Waals surface area contributed by atoms with E-state index in [4.69, 9.17) is 9.47 Å². The van der Waals surface area contributed by atoms with Crippen molar-refractivity contribution < 1.29 is 23.5 Å². The zero-order chi connectivity index (χ0) is 24.5. The number of hydrogen-bond donors (Lipinski definition) is 2. The molecule has 0 saturated carbocycles. The average molecular weight is 482 g/mol. The van der Waals surface area contributed by atoms with Crippen LogP contribution < -0.4 is 30.6 Å². The molecule has 2 amide bonds. The molecule has 0 bridgehead atoms. The van der Waals surface area contributed by atoms with Gasteiger partial charge in [-0.05, 0) is 24.3 Å². The van der Waals surface area contributed by atoms with Crippen molar-refractivity contribution in [1.82, 2.24) is 19.9 Å². The summed E-state index contributed by atoms with van der Waals surface area (Å²) in [6.45, 7) is -0.00843. The number of rotatable bonds is 7. The predicted molar refractivity (Wildman–Crippen MR) is 125 cm³/mol. The fourth-order valence-electron chi connectivity index (χ4n) is 4.18. The number of methoxy groups -OCH3 is 1. The second kappa shape index (κ2) is 9.29. The lowest BCUT2D eigenvalue weighted by Crippen LogP contribution is -2.39. The molecule has 0 aliphatic carbocycles. The van der Waals surface area contributed by atoms with E-state index in [1.807, 2.05) is 0 Å². The number of alkyl halides is 1. The molecule has 2 aromatic heterocycles. The lowest BCUT2D eigenvalue weighted by Gasteiger charge is -2.21. The molecule has 0 spiro atoms. The summed E-state index contributed by atoms with van der Waals surface area (Å²) in [7, 11) is 1.51. The number of nitrogens with zero attached hydrogens (tertiary/aromatic N) is 4. The fraction of sp³-hybridized carbons (Fsp3) is 0.348. The summed E-state index contributed by atoms with van der Waals surface area (Å²) in [5, 5.41) is 5.69. The van der Waals surface area contributed by atoms with Crippen LogP contribution in [0.2, 0.25) is 0 Å². The number of aromatic nitrogens is 3. The Morgan fingerprint density at radius 1 is 1.29 bits per heavy atom. The maximum Gasteiger partial charge on any atom is 0.269 e. The Hall–Kier alpha value is -4.06. The van der Waals surface area contributed by atoms with Gasteiger partial charge in [0.25, 0.3) is 11.5 Å². The highest BCUT2D eigenvalue weighted by Crippen LogP contribution is 2.30. The number of benzene rings is 1. The van der Waals surface area contributed by atoms with Crippen LogP contribution in [-0.4, -0.2) is 65.4 Å². The smallest absolute Gasteiger partial charge is 0.269 e. The van der Waals surface area contributed by atoms with Crippen molar-refractivity contribution in [3.05, 3.63) is 46.9 Å². The van der Waals surface area contributed by atoms with Crippen LogP contribution in [0.1, 0.15) is 6.42 Å². The van der Waals surface area contributed by atoms with E-state index in [0.29, 0.717) is 34.9 Å². The van der Waals surface area contributed by atoms with Crippen LogP contribution >= 0.6 is 0 Å². The normalized spacial score (nSPS) is 18.2. The van der Waals surface area contributed by atoms with Gasteiger partial charge in [-0.15, -0.1) is 0 Å². The highest BCUT2D eigenvalue weighted by Gasteiger charge is 2.32. The van der Waals surface area contributed by atoms with Crippen molar-refractivity contribution in [3.63, 3.8) is 0 Å². The SMILES string of the molecule is COc1ccc2ncc(=O)n(CC(F)CNC3CC(=O)N(c4ccc5c(n4)NC(=O)CO5)C3)c2c1. The van der Waals surface area contributed by atoms with E-state index >= 15 is 0 Å². The van der Waals surface area contributed by atoms with E-state index in [1.165, 1.54) is 22.8 Å². The van der Waals surface area contributed by atoms with Crippen molar-refractivity contribution in [1.29, 1.82) is 0 Å². The number of pyridine rings is 1. The largest absolute Gasteiger partial charge is 0.497 e. The quantitative estimate of drug-likeness (QED) is 0.508. The highest BCUT2D eigenvalue weighted by atomic mass is 19.1. The molecular formula is C23H23FN6O5. The van der Waals surface area contributed by atoms with Gasteiger partial charge in [0.15, 0.2) is 18.2 Å². The van der Waals surface area contributed by atoms with E-state index in [9.17, 15) is 18.8 Å². The number of nitrogens with one attached hydrogen (secondary N) is 2. The van der Waals surface area contributed by atoms with Crippen molar-refractivity contribution in [2.45, 2.75) is 25.2 Å². The third kappa shape index (κ3) is 4.64. The van der Waals surface area contributed by atoms with Gasteiger partial charge in [0.2, 0.25) is 5.91 Å². The number of fused-ring (bicyclic) bond motifs is 2. The summed E-state index contributed by atoms with van der Waals surface area (Å²) in [6.07, 6.45) is -0.0477. The van der Waals surface area contributed by atoms with Crippen molar-refractivity contribution in [2.75, 3.05) is 37.0 Å². The number of carbonyl (C=O) groups excluding carboxylic acids is 2. The number of amides is 2. The molecule has 2 N–H and O–H groups in total. The van der Waals surface area contributed by atoms with E-state index in [-0.39, 0.29) is 49.8 Å². The standard InChI is InChI=1S/C23H23FN6O5/c1-34-15-2-3-16-17(7-15)29(22(33)9-26-16)10-13(24)8-25-14-6-21(32)30(11-14)19-5-4-18-23(27-19)28-20(31)12-35-18/h2-5,7,9,13-14,25H,6,8,10-12H2,1H3,(H,27,28,31). The molecule has 3 aromatic rings. The van der Waals surface area contributed by atoms with Crippen LogP contribution in [0.15, 0.2) is 41.3 Å². The molecule has 35 heavy (non-hydrogen) atoms. The minimum absolute atomic E-state index is 0.0481. The van der Waals surface area contributed by atoms with Crippen molar-refractivity contribution in [3.8, 4) is 11.5 Å². The number of ether oxygens (including phenoxy) is 2. The monoisotopic (exact) mass is 482 g/mol. The molecule has 2 unspecified atom stereocenters. The Bertz CT molecular complexity index is 1360. The van der Waals surface area contributed by atoms with Gasteiger partial charge in [0, 0.05) is 31.6 Å². The molecule has 5 rings (SSSR count). The number of carbonyl (C=O) groups is 2. The summed E-state index contributed by atoms with van der Waals surface area (Å²) < 4.78 is 26.8. The first-order valence-electron chi connectivity index (χ1n) is 11.1. The van der Waals surface area contributed by atoms with Crippen molar-refractivity contribution in [2.24, 2.45) is 0 Å². The van der Waals surface area contributed by atoms with Gasteiger partial charge in [-0.25, -0.2) is 14.4 Å². The molecular weight excluding hydrogens is 459 g/mol. The molecule has 2 aliphatic rings. The summed E-state index contributed by atoms with van der Waals surface area (Å²) in [5.74, 6) is 1.13. The lowest BCUT2D eigenvalue weighted by atomic mass is 10.2. The topological polar surface area (TPSA) is 128 Å². The van der Waals surface area contributed by atoms with E-state index in [0.717, 1.165) is 0 Å².